The van der Waals surface area contributed by atoms with E-state index in [4.69, 9.17) is 39.5 Å². The molecule has 1 fully saturated rings. The Morgan fingerprint density at radius 2 is 1.64 bits per heavy atom. The van der Waals surface area contributed by atoms with Crippen LogP contribution in [0.1, 0.15) is 22.7 Å². The van der Waals surface area contributed by atoms with E-state index in [0.29, 0.717) is 10.6 Å². The Balaban J connectivity index is 1.88. The predicted molar refractivity (Wildman–Crippen MR) is 127 cm³/mol. The van der Waals surface area contributed by atoms with Crippen molar-refractivity contribution in [2.24, 2.45) is 0 Å². The summed E-state index contributed by atoms with van der Waals surface area (Å²) in [5, 5.41) is 12.0. The van der Waals surface area contributed by atoms with Crippen LogP contribution in [-0.4, -0.2) is 33.8 Å². The number of aliphatic hydroxyl groups excluding tert-OH is 1. The maximum Gasteiger partial charge on any atom is 0.295 e. The zero-order valence-corrected chi connectivity index (χ0v) is 19.5. The Kier molecular flexibility index (Phi) is 6.61. The van der Waals surface area contributed by atoms with Crippen LogP contribution in [0.3, 0.4) is 0 Å². The smallest absolute Gasteiger partial charge is 0.295 e. The van der Waals surface area contributed by atoms with Gasteiger partial charge in [0.05, 0.1) is 28.8 Å². The fourth-order valence-corrected chi connectivity index (χ4v) is 4.53. The molecule has 0 radical (unpaired) electrons. The summed E-state index contributed by atoms with van der Waals surface area (Å²) in [6, 6.07) is 12.2. The van der Waals surface area contributed by atoms with Gasteiger partial charge < -0.3 is 14.7 Å². The van der Waals surface area contributed by atoms with Crippen molar-refractivity contribution in [3.63, 3.8) is 0 Å². The molecule has 1 atom stereocenters. The molecule has 33 heavy (non-hydrogen) atoms. The molecule has 0 aliphatic carbocycles. The Labute approximate surface area is 205 Å². The summed E-state index contributed by atoms with van der Waals surface area (Å²) in [6.45, 7) is 0.140. The van der Waals surface area contributed by atoms with Crippen LogP contribution in [0.25, 0.3) is 5.76 Å². The molecule has 6 nitrogen and oxygen atoms in total. The second-order valence-electron chi connectivity index (χ2n) is 7.31. The molecule has 1 amide bonds. The van der Waals surface area contributed by atoms with Gasteiger partial charge in [-0.15, -0.1) is 0 Å². The first-order valence-corrected chi connectivity index (χ1v) is 10.9. The van der Waals surface area contributed by atoms with Crippen molar-refractivity contribution in [1.82, 2.24) is 9.88 Å². The minimum Gasteiger partial charge on any atom is -0.507 e. The molecule has 2 aromatic carbocycles. The number of aliphatic hydroxyl groups is 1. The monoisotopic (exact) mass is 502 g/mol. The van der Waals surface area contributed by atoms with Gasteiger partial charge in [-0.3, -0.25) is 14.6 Å². The number of amides is 1. The number of carbonyl (C=O) groups excluding carboxylic acids is 2. The van der Waals surface area contributed by atoms with Crippen molar-refractivity contribution in [1.29, 1.82) is 0 Å². The van der Waals surface area contributed by atoms with E-state index in [9.17, 15) is 14.7 Å². The number of methoxy groups -OCH3 is 1. The summed E-state index contributed by atoms with van der Waals surface area (Å²) in [7, 11) is 1.41. The largest absolute Gasteiger partial charge is 0.507 e. The Morgan fingerprint density at radius 3 is 2.21 bits per heavy atom. The highest BCUT2D eigenvalue weighted by atomic mass is 35.5. The third-order valence-corrected chi connectivity index (χ3v) is 6.12. The number of likely N-dealkylation sites (tertiary alicyclic amines) is 1. The summed E-state index contributed by atoms with van der Waals surface area (Å²) < 4.78 is 5.15. The number of rotatable bonds is 5. The van der Waals surface area contributed by atoms with E-state index in [0.717, 1.165) is 5.56 Å². The number of ketones is 1. The number of pyridine rings is 1. The van der Waals surface area contributed by atoms with Crippen molar-refractivity contribution < 1.29 is 19.4 Å². The van der Waals surface area contributed by atoms with Crippen LogP contribution in [0.4, 0.5) is 0 Å². The average Bonchev–Trinajstić information content (AvgIpc) is 3.04. The van der Waals surface area contributed by atoms with E-state index in [-0.39, 0.29) is 33.5 Å². The molecule has 2 heterocycles. The molecule has 1 saturated heterocycles. The van der Waals surface area contributed by atoms with Gasteiger partial charge in [0.1, 0.15) is 5.76 Å². The van der Waals surface area contributed by atoms with Gasteiger partial charge in [0.15, 0.2) is 5.75 Å². The van der Waals surface area contributed by atoms with Crippen molar-refractivity contribution in [2.45, 2.75) is 12.6 Å². The Morgan fingerprint density at radius 1 is 1.03 bits per heavy atom. The lowest BCUT2D eigenvalue weighted by atomic mass is 9.95. The van der Waals surface area contributed by atoms with Crippen LogP contribution in [0.5, 0.6) is 5.75 Å². The first kappa shape index (κ1) is 23.1. The van der Waals surface area contributed by atoms with E-state index in [1.54, 1.807) is 48.8 Å². The maximum absolute atomic E-state index is 13.1. The number of hydrogen-bond donors (Lipinski definition) is 1. The molecule has 4 rings (SSSR count). The van der Waals surface area contributed by atoms with Gasteiger partial charge in [-0.05, 0) is 47.5 Å². The minimum absolute atomic E-state index is 0.0753. The second kappa shape index (κ2) is 9.43. The van der Waals surface area contributed by atoms with Crippen molar-refractivity contribution in [3.8, 4) is 5.75 Å². The molecule has 1 unspecified atom stereocenters. The number of ether oxygens (including phenoxy) is 1. The molecule has 0 bridgehead atoms. The highest BCUT2D eigenvalue weighted by Gasteiger charge is 2.46. The number of nitrogens with zero attached hydrogens (tertiary/aromatic N) is 2. The molecular weight excluding hydrogens is 487 g/mol. The molecule has 0 saturated carbocycles. The van der Waals surface area contributed by atoms with Gasteiger partial charge in [-0.25, -0.2) is 0 Å². The average molecular weight is 504 g/mol. The van der Waals surface area contributed by atoms with E-state index in [1.807, 2.05) is 0 Å². The van der Waals surface area contributed by atoms with E-state index in [2.05, 4.69) is 4.98 Å². The molecule has 3 aromatic rings. The third-order valence-electron chi connectivity index (χ3n) is 5.30. The van der Waals surface area contributed by atoms with Crippen LogP contribution in [0.15, 0.2) is 66.5 Å². The standard InChI is InChI=1S/C24H17Cl3N2O4/c1-33-23-17(26)10-15(11-18(23)27)21(30)19-20(14-2-4-16(25)5-3-14)29(24(32)22(19)31)12-13-6-8-28-9-7-13/h2-11,20,30H,12H2,1H3/b21-19+. The molecule has 9 heteroatoms. The Bertz CT molecular complexity index is 1240. The van der Waals surface area contributed by atoms with Crippen LogP contribution in [0, 0.1) is 0 Å². The first-order valence-electron chi connectivity index (χ1n) is 9.78. The first-order chi connectivity index (χ1) is 15.8. The normalized spacial score (nSPS) is 17.5. The highest BCUT2D eigenvalue weighted by Crippen LogP contribution is 2.42. The number of carbonyl (C=O) groups is 2. The number of halogens is 3. The van der Waals surface area contributed by atoms with Gasteiger partial charge in [0, 0.05) is 29.5 Å². The van der Waals surface area contributed by atoms with Crippen molar-refractivity contribution in [3.05, 3.63) is 98.3 Å². The minimum atomic E-state index is -0.852. The zero-order valence-electron chi connectivity index (χ0n) is 17.3. The van der Waals surface area contributed by atoms with Gasteiger partial charge >= 0.3 is 0 Å². The van der Waals surface area contributed by atoms with E-state index >= 15 is 0 Å². The molecule has 1 aromatic heterocycles. The fraction of sp³-hybridized carbons (Fsp3) is 0.125. The van der Waals surface area contributed by atoms with Gasteiger partial charge in [0.2, 0.25) is 0 Å². The molecule has 1 N–H and O–H groups in total. The van der Waals surface area contributed by atoms with Crippen LogP contribution in [-0.2, 0) is 16.1 Å². The van der Waals surface area contributed by atoms with E-state index < -0.39 is 23.5 Å². The number of hydrogen-bond acceptors (Lipinski definition) is 5. The fourth-order valence-electron chi connectivity index (χ4n) is 3.77. The lowest BCUT2D eigenvalue weighted by molar-refractivity contribution is -0.140. The number of Topliss-reactive ketones (excluding diaryl/α,β-unsaturated/α-hetero) is 1. The second-order valence-corrected chi connectivity index (χ2v) is 8.56. The molecule has 168 valence electrons. The highest BCUT2D eigenvalue weighted by molar-refractivity contribution is 6.46. The molecule has 1 aliphatic heterocycles. The van der Waals surface area contributed by atoms with Crippen LogP contribution in [0.2, 0.25) is 15.1 Å². The van der Waals surface area contributed by atoms with Crippen LogP contribution < -0.4 is 4.74 Å². The zero-order chi connectivity index (χ0) is 23.7. The van der Waals surface area contributed by atoms with Crippen molar-refractivity contribution >= 4 is 52.3 Å². The summed E-state index contributed by atoms with van der Waals surface area (Å²) in [4.78, 5) is 31.6. The quantitative estimate of drug-likeness (QED) is 0.276. The summed E-state index contributed by atoms with van der Waals surface area (Å²) in [5.41, 5.74) is 1.50. The predicted octanol–water partition coefficient (Wildman–Crippen LogP) is 5.67. The Hall–Kier alpha value is -3.06. The topological polar surface area (TPSA) is 79.7 Å². The summed E-state index contributed by atoms with van der Waals surface area (Å²) >= 11 is 18.5. The number of benzene rings is 2. The maximum atomic E-state index is 13.1. The SMILES string of the molecule is COc1c(Cl)cc(/C(O)=C2\C(=O)C(=O)N(Cc3ccncc3)C2c2ccc(Cl)cc2)cc1Cl. The lowest BCUT2D eigenvalue weighted by Crippen LogP contribution is -2.29. The molecule has 0 spiro atoms. The molecular formula is C24H17Cl3N2O4. The van der Waals surface area contributed by atoms with E-state index in [1.165, 1.54) is 24.1 Å². The van der Waals surface area contributed by atoms with Gasteiger partial charge in [0.25, 0.3) is 11.7 Å². The lowest BCUT2D eigenvalue weighted by Gasteiger charge is -2.25. The van der Waals surface area contributed by atoms with Gasteiger partial charge in [-0.1, -0.05) is 46.9 Å². The third kappa shape index (κ3) is 4.42. The van der Waals surface area contributed by atoms with Gasteiger partial charge in [-0.2, -0.15) is 0 Å². The van der Waals surface area contributed by atoms with Crippen molar-refractivity contribution in [2.75, 3.05) is 7.11 Å². The summed E-state index contributed by atoms with van der Waals surface area (Å²) in [6.07, 6.45) is 3.20. The molecule has 1 aliphatic rings. The van der Waals surface area contributed by atoms with Crippen LogP contribution >= 0.6 is 34.8 Å². The summed E-state index contributed by atoms with van der Waals surface area (Å²) in [5.74, 6) is -1.71. The number of aromatic nitrogens is 1.